The summed E-state index contributed by atoms with van der Waals surface area (Å²) in [5, 5.41) is 4.05. The standard InChI is InChI=1S/C16H18F2N2S/c1-3-6-19-9-12-7-11(2)16(20-10-12)21-15-5-4-13(17)8-14(15)18/h4-5,7-8,10,19H,3,6,9H2,1-2H3. The topological polar surface area (TPSA) is 24.9 Å². The highest BCUT2D eigenvalue weighted by Crippen LogP contribution is 2.31. The summed E-state index contributed by atoms with van der Waals surface area (Å²) in [4.78, 5) is 4.76. The lowest BCUT2D eigenvalue weighted by molar-refractivity contribution is 0.565. The fourth-order valence-corrected chi connectivity index (χ4v) is 2.72. The number of nitrogens with one attached hydrogen (secondary N) is 1. The van der Waals surface area contributed by atoms with Crippen molar-refractivity contribution < 1.29 is 8.78 Å². The predicted octanol–water partition coefficient (Wildman–Crippen LogP) is 4.32. The van der Waals surface area contributed by atoms with Gasteiger partial charge in [-0.3, -0.25) is 0 Å². The van der Waals surface area contributed by atoms with Gasteiger partial charge in [0.2, 0.25) is 0 Å². The molecule has 21 heavy (non-hydrogen) atoms. The molecule has 2 rings (SSSR count). The quantitative estimate of drug-likeness (QED) is 0.805. The number of halogens is 2. The lowest BCUT2D eigenvalue weighted by Gasteiger charge is -2.08. The van der Waals surface area contributed by atoms with Crippen LogP contribution in [0.3, 0.4) is 0 Å². The number of rotatable bonds is 6. The molecule has 5 heteroatoms. The van der Waals surface area contributed by atoms with E-state index < -0.39 is 11.6 Å². The molecule has 0 radical (unpaired) electrons. The van der Waals surface area contributed by atoms with Crippen LogP contribution >= 0.6 is 11.8 Å². The van der Waals surface area contributed by atoms with Crippen molar-refractivity contribution in [1.29, 1.82) is 0 Å². The van der Waals surface area contributed by atoms with E-state index in [-0.39, 0.29) is 0 Å². The zero-order valence-corrected chi connectivity index (χ0v) is 12.9. The lowest BCUT2D eigenvalue weighted by atomic mass is 10.2. The second-order valence-corrected chi connectivity index (χ2v) is 5.85. The molecule has 0 saturated carbocycles. The maximum atomic E-state index is 13.7. The molecule has 0 atom stereocenters. The minimum absolute atomic E-state index is 0.379. The molecule has 2 aromatic rings. The molecule has 0 aliphatic carbocycles. The second kappa shape index (κ2) is 7.52. The van der Waals surface area contributed by atoms with Gasteiger partial charge in [0.25, 0.3) is 0 Å². The summed E-state index contributed by atoms with van der Waals surface area (Å²) in [5.74, 6) is -1.13. The van der Waals surface area contributed by atoms with Crippen LogP contribution in [0.15, 0.2) is 40.4 Å². The summed E-state index contributed by atoms with van der Waals surface area (Å²) in [6, 6.07) is 5.62. The predicted molar refractivity (Wildman–Crippen MR) is 81.5 cm³/mol. The van der Waals surface area contributed by atoms with E-state index in [9.17, 15) is 8.78 Å². The van der Waals surface area contributed by atoms with Crippen LogP contribution in [0.1, 0.15) is 24.5 Å². The molecule has 0 amide bonds. The molecule has 112 valence electrons. The third-order valence-electron chi connectivity index (χ3n) is 2.94. The van der Waals surface area contributed by atoms with Gasteiger partial charge in [-0.2, -0.15) is 0 Å². The van der Waals surface area contributed by atoms with Crippen molar-refractivity contribution in [3.63, 3.8) is 0 Å². The van der Waals surface area contributed by atoms with Gasteiger partial charge in [-0.05, 0) is 43.1 Å². The van der Waals surface area contributed by atoms with Gasteiger partial charge >= 0.3 is 0 Å². The van der Waals surface area contributed by atoms with Crippen LogP contribution in [-0.4, -0.2) is 11.5 Å². The maximum Gasteiger partial charge on any atom is 0.140 e. The van der Waals surface area contributed by atoms with Crippen LogP contribution < -0.4 is 5.32 Å². The van der Waals surface area contributed by atoms with Gasteiger partial charge in [-0.15, -0.1) is 0 Å². The SMILES string of the molecule is CCCNCc1cnc(Sc2ccc(F)cc2F)c(C)c1. The van der Waals surface area contributed by atoms with E-state index in [2.05, 4.69) is 17.2 Å². The van der Waals surface area contributed by atoms with E-state index in [0.717, 1.165) is 41.7 Å². The monoisotopic (exact) mass is 308 g/mol. The molecule has 0 fully saturated rings. The fraction of sp³-hybridized carbons (Fsp3) is 0.312. The number of aryl methyl sites for hydroxylation is 1. The average Bonchev–Trinajstić information content (AvgIpc) is 2.44. The van der Waals surface area contributed by atoms with Crippen molar-refractivity contribution >= 4 is 11.8 Å². The Hall–Kier alpha value is -1.46. The normalized spacial score (nSPS) is 10.9. The number of nitrogens with zero attached hydrogens (tertiary/aromatic N) is 1. The van der Waals surface area contributed by atoms with Crippen molar-refractivity contribution in [3.8, 4) is 0 Å². The first kappa shape index (κ1) is 15.9. The Balaban J connectivity index is 2.10. The van der Waals surface area contributed by atoms with E-state index in [1.807, 2.05) is 13.0 Å². The molecular weight excluding hydrogens is 290 g/mol. The van der Waals surface area contributed by atoms with Crippen LogP contribution in [0.5, 0.6) is 0 Å². The lowest BCUT2D eigenvalue weighted by Crippen LogP contribution is -2.14. The smallest absolute Gasteiger partial charge is 0.140 e. The summed E-state index contributed by atoms with van der Waals surface area (Å²) in [7, 11) is 0. The molecular formula is C16H18F2N2S. The van der Waals surface area contributed by atoms with Crippen molar-refractivity contribution in [2.24, 2.45) is 0 Å². The molecule has 0 aliphatic heterocycles. The van der Waals surface area contributed by atoms with Gasteiger partial charge in [-0.1, -0.05) is 24.8 Å². The van der Waals surface area contributed by atoms with E-state index in [4.69, 9.17) is 0 Å². The number of benzene rings is 1. The second-order valence-electron chi connectivity index (χ2n) is 4.82. The van der Waals surface area contributed by atoms with E-state index in [1.165, 1.54) is 23.9 Å². The minimum atomic E-state index is -0.570. The summed E-state index contributed by atoms with van der Waals surface area (Å²) >= 11 is 1.21. The third kappa shape index (κ3) is 4.51. The highest BCUT2D eigenvalue weighted by atomic mass is 32.2. The van der Waals surface area contributed by atoms with Crippen LogP contribution in [0.4, 0.5) is 8.78 Å². The third-order valence-corrected chi connectivity index (χ3v) is 4.12. The van der Waals surface area contributed by atoms with E-state index >= 15 is 0 Å². The van der Waals surface area contributed by atoms with Crippen molar-refractivity contribution in [2.75, 3.05) is 6.54 Å². The molecule has 0 bridgehead atoms. The Kier molecular flexibility index (Phi) is 5.70. The van der Waals surface area contributed by atoms with E-state index in [0.29, 0.717) is 4.90 Å². The Bertz CT molecular complexity index is 617. The molecule has 0 spiro atoms. The van der Waals surface area contributed by atoms with E-state index in [1.54, 1.807) is 6.20 Å². The van der Waals surface area contributed by atoms with Gasteiger partial charge in [-0.25, -0.2) is 13.8 Å². The van der Waals surface area contributed by atoms with Gasteiger partial charge in [0.1, 0.15) is 16.7 Å². The van der Waals surface area contributed by atoms with Crippen molar-refractivity contribution in [2.45, 2.75) is 36.7 Å². The van der Waals surface area contributed by atoms with Crippen LogP contribution in [0.25, 0.3) is 0 Å². The van der Waals surface area contributed by atoms with Gasteiger partial charge < -0.3 is 5.32 Å². The van der Waals surface area contributed by atoms with Gasteiger partial charge in [0.15, 0.2) is 0 Å². The number of pyridine rings is 1. The number of hydrogen-bond acceptors (Lipinski definition) is 3. The molecule has 2 nitrogen and oxygen atoms in total. The highest BCUT2D eigenvalue weighted by molar-refractivity contribution is 7.99. The highest BCUT2D eigenvalue weighted by Gasteiger charge is 2.09. The summed E-state index contributed by atoms with van der Waals surface area (Å²) in [6.07, 6.45) is 2.88. The Morgan fingerprint density at radius 3 is 2.71 bits per heavy atom. The zero-order chi connectivity index (χ0) is 15.2. The largest absolute Gasteiger partial charge is 0.313 e. The van der Waals surface area contributed by atoms with Gasteiger partial charge in [0, 0.05) is 23.7 Å². The van der Waals surface area contributed by atoms with Crippen molar-refractivity contribution in [1.82, 2.24) is 10.3 Å². The maximum absolute atomic E-state index is 13.7. The number of aromatic nitrogens is 1. The zero-order valence-electron chi connectivity index (χ0n) is 12.1. The van der Waals surface area contributed by atoms with Gasteiger partial charge in [0.05, 0.1) is 0 Å². The average molecular weight is 308 g/mol. The molecule has 1 aromatic carbocycles. The Morgan fingerprint density at radius 2 is 2.05 bits per heavy atom. The molecule has 1 aromatic heterocycles. The summed E-state index contributed by atoms with van der Waals surface area (Å²) < 4.78 is 26.5. The number of hydrogen-bond donors (Lipinski definition) is 1. The van der Waals surface area contributed by atoms with Crippen LogP contribution in [0.2, 0.25) is 0 Å². The van der Waals surface area contributed by atoms with Crippen LogP contribution in [0, 0.1) is 18.6 Å². The summed E-state index contributed by atoms with van der Waals surface area (Å²) in [5.41, 5.74) is 2.09. The molecule has 1 heterocycles. The minimum Gasteiger partial charge on any atom is -0.313 e. The molecule has 0 unspecified atom stereocenters. The summed E-state index contributed by atoms with van der Waals surface area (Å²) in [6.45, 7) is 5.81. The molecule has 0 saturated heterocycles. The first-order valence-corrected chi connectivity index (χ1v) is 7.71. The Labute approximate surface area is 128 Å². The van der Waals surface area contributed by atoms with Crippen molar-refractivity contribution in [3.05, 3.63) is 53.2 Å². The Morgan fingerprint density at radius 1 is 1.24 bits per heavy atom. The molecule has 0 aliphatic rings. The first-order valence-electron chi connectivity index (χ1n) is 6.89. The van der Waals surface area contributed by atoms with Crippen LogP contribution in [-0.2, 0) is 6.54 Å². The fourth-order valence-electron chi connectivity index (χ4n) is 1.90. The first-order chi connectivity index (χ1) is 10.1. The molecule has 1 N–H and O–H groups in total.